The Morgan fingerprint density at radius 1 is 1.31 bits per heavy atom. The number of hydrogen-bond acceptors (Lipinski definition) is 2. The van der Waals surface area contributed by atoms with Crippen molar-refractivity contribution in [2.45, 2.75) is 64.2 Å². The lowest BCUT2D eigenvalue weighted by atomic mass is 10.1. The van der Waals surface area contributed by atoms with Crippen LogP contribution in [0, 0.1) is 5.92 Å². The average Bonchev–Trinajstić information content (AvgIpc) is 2.76. The molecule has 0 aromatic carbocycles. The van der Waals surface area contributed by atoms with Gasteiger partial charge in [-0.15, -0.1) is 0 Å². The van der Waals surface area contributed by atoms with E-state index in [1.54, 1.807) is 0 Å². The van der Waals surface area contributed by atoms with Gasteiger partial charge >= 0.3 is 0 Å². The molecule has 2 nitrogen and oxygen atoms in total. The first-order chi connectivity index (χ1) is 7.65. The highest BCUT2D eigenvalue weighted by atomic mass is 32.2. The third-order valence-corrected chi connectivity index (χ3v) is 5.38. The second kappa shape index (κ2) is 7.44. The van der Waals surface area contributed by atoms with Gasteiger partial charge in [-0.1, -0.05) is 33.6 Å². The van der Waals surface area contributed by atoms with Gasteiger partial charge in [-0.25, -0.2) is 0 Å². The van der Waals surface area contributed by atoms with Crippen molar-refractivity contribution < 1.29 is 4.21 Å². The quantitative estimate of drug-likeness (QED) is 0.747. The summed E-state index contributed by atoms with van der Waals surface area (Å²) in [7, 11) is -0.612. The summed E-state index contributed by atoms with van der Waals surface area (Å²) in [5.41, 5.74) is 0. The summed E-state index contributed by atoms with van der Waals surface area (Å²) in [5, 5.41) is 4.02. The van der Waals surface area contributed by atoms with Crippen LogP contribution in [0.5, 0.6) is 0 Å². The first-order valence-corrected chi connectivity index (χ1v) is 8.14. The van der Waals surface area contributed by atoms with E-state index < -0.39 is 10.8 Å². The molecule has 1 saturated carbocycles. The van der Waals surface area contributed by atoms with Crippen LogP contribution in [-0.4, -0.2) is 27.8 Å². The maximum atomic E-state index is 12.2. The van der Waals surface area contributed by atoms with E-state index in [1.807, 2.05) is 0 Å². The molecule has 0 amide bonds. The van der Waals surface area contributed by atoms with Crippen molar-refractivity contribution in [2.24, 2.45) is 5.92 Å². The van der Waals surface area contributed by atoms with Crippen LogP contribution in [-0.2, 0) is 10.8 Å². The Bertz CT molecular complexity index is 212. The lowest BCUT2D eigenvalue weighted by molar-refractivity contribution is 0.430. The smallest absolute Gasteiger partial charge is 0.0394 e. The van der Waals surface area contributed by atoms with Gasteiger partial charge in [-0.3, -0.25) is 4.21 Å². The van der Waals surface area contributed by atoms with Crippen LogP contribution in [0.4, 0.5) is 0 Å². The molecule has 0 aromatic heterocycles. The van der Waals surface area contributed by atoms with E-state index in [-0.39, 0.29) is 0 Å². The summed E-state index contributed by atoms with van der Waals surface area (Å²) in [5.74, 6) is 1.43. The van der Waals surface area contributed by atoms with E-state index in [0.717, 1.165) is 18.7 Å². The maximum Gasteiger partial charge on any atom is 0.0394 e. The molecule has 3 heteroatoms. The molecule has 96 valence electrons. The first kappa shape index (κ1) is 14.2. The molecule has 1 fully saturated rings. The van der Waals surface area contributed by atoms with Crippen LogP contribution in [0.2, 0.25) is 0 Å². The highest BCUT2D eigenvalue weighted by molar-refractivity contribution is 7.85. The van der Waals surface area contributed by atoms with Gasteiger partial charge in [0.2, 0.25) is 0 Å². The largest absolute Gasteiger partial charge is 0.313 e. The minimum atomic E-state index is -0.612. The van der Waals surface area contributed by atoms with E-state index in [4.69, 9.17) is 0 Å². The van der Waals surface area contributed by atoms with Crippen molar-refractivity contribution in [1.82, 2.24) is 5.32 Å². The summed E-state index contributed by atoms with van der Waals surface area (Å²) >= 11 is 0. The van der Waals surface area contributed by atoms with Gasteiger partial charge in [-0.05, 0) is 31.7 Å². The first-order valence-electron chi connectivity index (χ1n) is 6.75. The molecular weight excluding hydrogens is 218 g/mol. The molecule has 0 aliphatic heterocycles. The molecule has 0 spiro atoms. The average molecular weight is 245 g/mol. The summed E-state index contributed by atoms with van der Waals surface area (Å²) in [6.07, 6.45) is 6.09. The minimum Gasteiger partial charge on any atom is -0.313 e. The molecule has 1 aliphatic carbocycles. The van der Waals surface area contributed by atoms with Crippen LogP contribution in [0.1, 0.15) is 52.9 Å². The predicted molar refractivity (Wildman–Crippen MR) is 72.2 cm³/mol. The monoisotopic (exact) mass is 245 g/mol. The molecular formula is C13H27NOS. The molecule has 0 radical (unpaired) electrons. The number of hydrogen-bond donors (Lipinski definition) is 1. The van der Waals surface area contributed by atoms with E-state index >= 15 is 0 Å². The molecule has 0 saturated heterocycles. The van der Waals surface area contributed by atoms with E-state index in [9.17, 15) is 4.21 Å². The van der Waals surface area contributed by atoms with Crippen LogP contribution in [0.25, 0.3) is 0 Å². The van der Waals surface area contributed by atoms with Crippen molar-refractivity contribution in [3.8, 4) is 0 Å². The van der Waals surface area contributed by atoms with Crippen LogP contribution < -0.4 is 5.32 Å². The van der Waals surface area contributed by atoms with Gasteiger partial charge < -0.3 is 5.32 Å². The SMILES string of the molecule is CCCNC(CS(=O)C1CCCC1)C(C)C. The van der Waals surface area contributed by atoms with E-state index in [2.05, 4.69) is 26.1 Å². The summed E-state index contributed by atoms with van der Waals surface area (Å²) < 4.78 is 12.2. The van der Waals surface area contributed by atoms with E-state index in [0.29, 0.717) is 17.2 Å². The Morgan fingerprint density at radius 3 is 2.44 bits per heavy atom. The molecule has 2 unspecified atom stereocenters. The Labute approximate surface area is 103 Å². The van der Waals surface area contributed by atoms with Gasteiger partial charge in [0.25, 0.3) is 0 Å². The van der Waals surface area contributed by atoms with Crippen LogP contribution >= 0.6 is 0 Å². The highest BCUT2D eigenvalue weighted by Gasteiger charge is 2.24. The molecule has 16 heavy (non-hydrogen) atoms. The van der Waals surface area contributed by atoms with Gasteiger partial charge in [-0.2, -0.15) is 0 Å². The fourth-order valence-corrected chi connectivity index (χ4v) is 4.27. The molecule has 2 atom stereocenters. The highest BCUT2D eigenvalue weighted by Crippen LogP contribution is 2.23. The topological polar surface area (TPSA) is 29.1 Å². The van der Waals surface area contributed by atoms with Crippen molar-refractivity contribution in [2.75, 3.05) is 12.3 Å². The Hall–Kier alpha value is 0.110. The zero-order valence-electron chi connectivity index (χ0n) is 11.0. The van der Waals surface area contributed by atoms with Gasteiger partial charge in [0.1, 0.15) is 0 Å². The molecule has 0 bridgehead atoms. The number of nitrogens with one attached hydrogen (secondary N) is 1. The van der Waals surface area contributed by atoms with Crippen molar-refractivity contribution in [3.63, 3.8) is 0 Å². The summed E-state index contributed by atoms with van der Waals surface area (Å²) in [6, 6.07) is 0.432. The maximum absolute atomic E-state index is 12.2. The van der Waals surface area contributed by atoms with Crippen molar-refractivity contribution in [1.29, 1.82) is 0 Å². The minimum absolute atomic E-state index is 0.432. The second-order valence-electron chi connectivity index (χ2n) is 5.26. The molecule has 1 N–H and O–H groups in total. The Kier molecular flexibility index (Phi) is 6.59. The summed E-state index contributed by atoms with van der Waals surface area (Å²) in [4.78, 5) is 0. The standard InChI is InChI=1S/C13H27NOS/c1-4-9-14-13(11(2)3)10-16(15)12-7-5-6-8-12/h11-14H,4-10H2,1-3H3. The molecule has 0 heterocycles. The lowest BCUT2D eigenvalue weighted by Gasteiger charge is -2.23. The number of rotatable bonds is 7. The fraction of sp³-hybridized carbons (Fsp3) is 1.00. The van der Waals surface area contributed by atoms with E-state index in [1.165, 1.54) is 25.7 Å². The third kappa shape index (κ3) is 4.54. The second-order valence-corrected chi connectivity index (χ2v) is 7.02. The van der Waals surface area contributed by atoms with Gasteiger partial charge in [0.15, 0.2) is 0 Å². The van der Waals surface area contributed by atoms with Crippen molar-refractivity contribution in [3.05, 3.63) is 0 Å². The fourth-order valence-electron chi connectivity index (χ4n) is 2.28. The normalized spacial score (nSPS) is 21.5. The Morgan fingerprint density at radius 2 is 1.94 bits per heavy atom. The van der Waals surface area contributed by atoms with Gasteiger partial charge in [0.05, 0.1) is 0 Å². The molecule has 1 aliphatic rings. The van der Waals surface area contributed by atoms with Crippen LogP contribution in [0.3, 0.4) is 0 Å². The molecule has 0 aromatic rings. The zero-order chi connectivity index (χ0) is 12.0. The Balaban J connectivity index is 2.37. The summed E-state index contributed by atoms with van der Waals surface area (Å²) in [6.45, 7) is 7.67. The third-order valence-electron chi connectivity index (χ3n) is 3.48. The van der Waals surface area contributed by atoms with Crippen LogP contribution in [0.15, 0.2) is 0 Å². The van der Waals surface area contributed by atoms with Crippen molar-refractivity contribution >= 4 is 10.8 Å². The zero-order valence-corrected chi connectivity index (χ0v) is 11.8. The molecule has 1 rings (SSSR count). The lowest BCUT2D eigenvalue weighted by Crippen LogP contribution is -2.40. The van der Waals surface area contributed by atoms with Gasteiger partial charge in [0, 0.05) is 27.8 Å². The predicted octanol–water partition coefficient (Wildman–Crippen LogP) is 2.70.